The summed E-state index contributed by atoms with van der Waals surface area (Å²) in [4.78, 5) is 59.9. The third kappa shape index (κ3) is 9.55. The molecule has 0 aromatic heterocycles. The molecule has 0 radical (unpaired) electrons. The number of amides is 3. The first kappa shape index (κ1) is 28.5. The zero-order chi connectivity index (χ0) is 25.8. The molecule has 1 aromatic rings. The van der Waals surface area contributed by atoms with Gasteiger partial charge in [0, 0.05) is 12.8 Å². The average Bonchev–Trinajstić information content (AvgIpc) is 2.78. The quantitative estimate of drug-likeness (QED) is 0.167. The molecule has 0 saturated carbocycles. The van der Waals surface area contributed by atoms with Gasteiger partial charge in [-0.2, -0.15) is 0 Å². The summed E-state index contributed by atoms with van der Waals surface area (Å²) in [7, 11) is 0. The fourth-order valence-electron chi connectivity index (χ4n) is 2.98. The molecule has 0 aliphatic carbocycles. The summed E-state index contributed by atoms with van der Waals surface area (Å²) in [6.07, 6.45) is -0.511. The van der Waals surface area contributed by atoms with E-state index in [0.29, 0.717) is 5.56 Å². The van der Waals surface area contributed by atoms with Crippen molar-refractivity contribution in [1.29, 1.82) is 0 Å². The number of carbonyl (C=O) groups excluding carboxylic acids is 3. The molecule has 0 aliphatic rings. The summed E-state index contributed by atoms with van der Waals surface area (Å²) in [5, 5.41) is 34.7. The van der Waals surface area contributed by atoms with Crippen LogP contribution in [-0.4, -0.2) is 75.8 Å². The lowest BCUT2D eigenvalue weighted by Gasteiger charge is -2.25. The summed E-state index contributed by atoms with van der Waals surface area (Å²) in [6.45, 7) is 2.43. The van der Waals surface area contributed by atoms with Gasteiger partial charge in [-0.15, -0.1) is 0 Å². The molecule has 1 aromatic carbocycles. The molecule has 0 aliphatic heterocycles. The number of nitrogens with two attached hydrogens (primary N) is 1. The molecule has 188 valence electrons. The van der Waals surface area contributed by atoms with Crippen LogP contribution >= 0.6 is 0 Å². The number of hydrogen-bond acceptors (Lipinski definition) is 7. The highest BCUT2D eigenvalue weighted by Crippen LogP contribution is 2.07. The highest BCUT2D eigenvalue weighted by Gasteiger charge is 2.31. The summed E-state index contributed by atoms with van der Waals surface area (Å²) in [6, 6.07) is 3.59. The number of carboxylic acids is 2. The molecule has 3 amide bonds. The molecule has 1 rings (SSSR count). The maximum Gasteiger partial charge on any atom is 0.326 e. The fourth-order valence-corrected chi connectivity index (χ4v) is 2.98. The number of aliphatic hydroxyl groups excluding tert-OH is 1. The predicted molar refractivity (Wildman–Crippen MR) is 120 cm³/mol. The number of hydrogen-bond donors (Lipinski definition) is 7. The Balaban J connectivity index is 2.97. The first-order chi connectivity index (χ1) is 16.0. The van der Waals surface area contributed by atoms with Crippen LogP contribution in [0.3, 0.4) is 0 Å². The minimum Gasteiger partial charge on any atom is -0.481 e. The van der Waals surface area contributed by atoms with Crippen LogP contribution in [-0.2, 0) is 30.4 Å². The summed E-state index contributed by atoms with van der Waals surface area (Å²) < 4.78 is 0. The molecular weight excluding hydrogens is 448 g/mol. The predicted octanol–water partition coefficient (Wildman–Crippen LogP) is -1.39. The van der Waals surface area contributed by atoms with Crippen molar-refractivity contribution in [3.8, 4) is 0 Å². The third-order valence-corrected chi connectivity index (χ3v) is 4.97. The zero-order valence-corrected chi connectivity index (χ0v) is 19.1. The topological polar surface area (TPSA) is 208 Å². The van der Waals surface area contributed by atoms with Gasteiger partial charge in [0.1, 0.15) is 18.1 Å². The lowest BCUT2D eigenvalue weighted by molar-refractivity contribution is -0.143. The third-order valence-electron chi connectivity index (χ3n) is 4.97. The van der Waals surface area contributed by atoms with E-state index < -0.39 is 66.4 Å². The van der Waals surface area contributed by atoms with Gasteiger partial charge in [-0.25, -0.2) is 4.79 Å². The smallest absolute Gasteiger partial charge is 0.326 e. The Morgan fingerprint density at radius 2 is 1.44 bits per heavy atom. The molecule has 0 bridgehead atoms. The Morgan fingerprint density at radius 3 is 1.94 bits per heavy atom. The second-order valence-corrected chi connectivity index (χ2v) is 8.10. The minimum atomic E-state index is -1.46. The molecule has 8 N–H and O–H groups in total. The first-order valence-electron chi connectivity index (χ1n) is 10.7. The average molecular weight is 481 g/mol. The maximum absolute atomic E-state index is 12.9. The number of aliphatic carboxylic acids is 2. The normalized spacial score (nSPS) is 14.4. The molecule has 34 heavy (non-hydrogen) atoms. The van der Waals surface area contributed by atoms with Crippen LogP contribution in [0.25, 0.3) is 0 Å². The number of rotatable bonds is 14. The molecule has 12 heteroatoms. The van der Waals surface area contributed by atoms with Crippen molar-refractivity contribution in [3.05, 3.63) is 35.9 Å². The Kier molecular flexibility index (Phi) is 11.7. The van der Waals surface area contributed by atoms with Crippen molar-refractivity contribution in [2.24, 2.45) is 11.7 Å². The van der Waals surface area contributed by atoms with Crippen LogP contribution in [0.1, 0.15) is 32.3 Å². The van der Waals surface area contributed by atoms with Crippen LogP contribution in [0.15, 0.2) is 30.3 Å². The highest BCUT2D eigenvalue weighted by atomic mass is 16.4. The second kappa shape index (κ2) is 13.9. The minimum absolute atomic E-state index is 0.0209. The molecular formula is C22H32N4O8. The van der Waals surface area contributed by atoms with Gasteiger partial charge in [0.15, 0.2) is 0 Å². The van der Waals surface area contributed by atoms with E-state index in [1.54, 1.807) is 44.2 Å². The largest absolute Gasteiger partial charge is 0.481 e. The van der Waals surface area contributed by atoms with Gasteiger partial charge in [-0.3, -0.25) is 19.2 Å². The van der Waals surface area contributed by atoms with Crippen LogP contribution < -0.4 is 21.7 Å². The van der Waals surface area contributed by atoms with Gasteiger partial charge in [-0.05, 0) is 17.9 Å². The molecule has 4 unspecified atom stereocenters. The molecule has 0 saturated heterocycles. The van der Waals surface area contributed by atoms with Crippen LogP contribution in [0, 0.1) is 5.92 Å². The monoisotopic (exact) mass is 480 g/mol. The van der Waals surface area contributed by atoms with Crippen molar-refractivity contribution in [2.45, 2.75) is 57.3 Å². The second-order valence-electron chi connectivity index (χ2n) is 8.10. The van der Waals surface area contributed by atoms with E-state index in [0.717, 1.165) is 0 Å². The van der Waals surface area contributed by atoms with Crippen molar-refractivity contribution in [1.82, 2.24) is 16.0 Å². The van der Waals surface area contributed by atoms with E-state index in [2.05, 4.69) is 16.0 Å². The maximum atomic E-state index is 12.9. The van der Waals surface area contributed by atoms with Crippen molar-refractivity contribution >= 4 is 29.7 Å². The van der Waals surface area contributed by atoms with E-state index in [1.807, 2.05) is 0 Å². The van der Waals surface area contributed by atoms with E-state index in [9.17, 15) is 34.2 Å². The van der Waals surface area contributed by atoms with E-state index in [1.165, 1.54) is 0 Å². The van der Waals surface area contributed by atoms with Crippen LogP contribution in [0.4, 0.5) is 0 Å². The van der Waals surface area contributed by atoms with Crippen LogP contribution in [0.5, 0.6) is 0 Å². The summed E-state index contributed by atoms with van der Waals surface area (Å²) in [5.41, 5.74) is 6.30. The fraction of sp³-hybridized carbons (Fsp3) is 0.500. The molecule has 0 fully saturated rings. The standard InChI is InChI=1S/C22H32N4O8/c1-12(2)18(22(33)34)26-20(31)15(10-13-6-4-3-5-7-13)24-21(32)16(11-27)25-19(30)14(23)8-9-17(28)29/h3-7,12,14-16,18,27H,8-11,23H2,1-2H3,(H,24,32)(H,25,30)(H,26,31)(H,28,29)(H,33,34). The lowest BCUT2D eigenvalue weighted by atomic mass is 10.0. The number of nitrogens with one attached hydrogen (secondary N) is 3. The van der Waals surface area contributed by atoms with Crippen molar-refractivity contribution in [3.63, 3.8) is 0 Å². The number of aliphatic hydroxyl groups is 1. The Hall–Kier alpha value is -3.51. The van der Waals surface area contributed by atoms with Gasteiger partial charge < -0.3 is 37.0 Å². The summed E-state index contributed by atoms with van der Waals surface area (Å²) in [5.74, 6) is -5.29. The van der Waals surface area contributed by atoms with Gasteiger partial charge >= 0.3 is 11.9 Å². The molecule has 0 heterocycles. The van der Waals surface area contributed by atoms with E-state index in [-0.39, 0.29) is 19.3 Å². The van der Waals surface area contributed by atoms with Crippen molar-refractivity contribution in [2.75, 3.05) is 6.61 Å². The Morgan fingerprint density at radius 1 is 0.882 bits per heavy atom. The highest BCUT2D eigenvalue weighted by molar-refractivity contribution is 5.94. The number of carboxylic acid groups (broad SMARTS) is 2. The van der Waals surface area contributed by atoms with Crippen molar-refractivity contribution < 1.29 is 39.3 Å². The first-order valence-corrected chi connectivity index (χ1v) is 10.7. The van der Waals surface area contributed by atoms with Gasteiger partial charge in [0.25, 0.3) is 0 Å². The SMILES string of the molecule is CC(C)C(NC(=O)C(Cc1ccccc1)NC(=O)C(CO)NC(=O)C(N)CCC(=O)O)C(=O)O. The van der Waals surface area contributed by atoms with E-state index >= 15 is 0 Å². The Labute approximate surface area is 196 Å². The van der Waals surface area contributed by atoms with E-state index in [4.69, 9.17) is 10.8 Å². The molecule has 12 nitrogen and oxygen atoms in total. The van der Waals surface area contributed by atoms with Crippen LogP contribution in [0.2, 0.25) is 0 Å². The summed E-state index contributed by atoms with van der Waals surface area (Å²) >= 11 is 0. The van der Waals surface area contributed by atoms with Gasteiger partial charge in [0.05, 0.1) is 12.6 Å². The van der Waals surface area contributed by atoms with Gasteiger partial charge in [-0.1, -0.05) is 44.2 Å². The van der Waals surface area contributed by atoms with Gasteiger partial charge in [0.2, 0.25) is 17.7 Å². The molecule has 4 atom stereocenters. The zero-order valence-electron chi connectivity index (χ0n) is 19.1. The number of benzene rings is 1. The number of carbonyl (C=O) groups is 5. The molecule has 0 spiro atoms. The Bertz CT molecular complexity index is 862. The lowest BCUT2D eigenvalue weighted by Crippen LogP contribution is -2.59.